The highest BCUT2D eigenvalue weighted by Gasteiger charge is 2.28. The van der Waals surface area contributed by atoms with E-state index in [2.05, 4.69) is 26.5 Å². The van der Waals surface area contributed by atoms with Gasteiger partial charge in [-0.15, -0.1) is 5.73 Å². The zero-order valence-corrected chi connectivity index (χ0v) is 17.7. The van der Waals surface area contributed by atoms with Crippen LogP contribution in [-0.2, 0) is 14.3 Å². The number of hydrogen-bond acceptors (Lipinski definition) is 3. The molecule has 1 aromatic carbocycles. The molecule has 0 heterocycles. The van der Waals surface area contributed by atoms with Gasteiger partial charge in [-0.2, -0.15) is 0 Å². The van der Waals surface area contributed by atoms with Crippen LogP contribution in [0, 0.1) is 5.92 Å². The number of carbonyl (C=O) groups is 1. The van der Waals surface area contributed by atoms with Crippen LogP contribution in [-0.4, -0.2) is 19.2 Å². The van der Waals surface area contributed by atoms with Gasteiger partial charge in [0.25, 0.3) is 0 Å². The minimum Gasteiger partial charge on any atom is -0.455 e. The van der Waals surface area contributed by atoms with Crippen LogP contribution in [0.1, 0.15) is 77.9 Å². The number of methoxy groups -OCH3 is 1. The Labute approximate surface area is 165 Å². The summed E-state index contributed by atoms with van der Waals surface area (Å²) < 4.78 is 11.4. The molecule has 0 aliphatic rings. The molecule has 0 amide bonds. The number of esters is 1. The normalized spacial score (nSPS) is 13.0. The third kappa shape index (κ3) is 8.15. The van der Waals surface area contributed by atoms with E-state index < -0.39 is 6.10 Å². The van der Waals surface area contributed by atoms with Crippen molar-refractivity contribution in [2.45, 2.75) is 78.4 Å². The fraction of sp³-hybridized carbons (Fsp3) is 0.583. The molecule has 27 heavy (non-hydrogen) atoms. The molecule has 3 heteroatoms. The zero-order chi connectivity index (χ0) is 20.1. The van der Waals surface area contributed by atoms with Crippen molar-refractivity contribution in [2.24, 2.45) is 5.92 Å². The molecule has 0 fully saturated rings. The van der Waals surface area contributed by atoms with Crippen LogP contribution < -0.4 is 0 Å². The largest absolute Gasteiger partial charge is 0.455 e. The molecule has 0 bridgehead atoms. The van der Waals surface area contributed by atoms with Gasteiger partial charge in [-0.05, 0) is 37.3 Å². The highest BCUT2D eigenvalue weighted by Crippen LogP contribution is 2.25. The second-order valence-electron chi connectivity index (χ2n) is 7.25. The van der Waals surface area contributed by atoms with Gasteiger partial charge in [0.15, 0.2) is 6.10 Å². The van der Waals surface area contributed by atoms with Crippen molar-refractivity contribution in [2.75, 3.05) is 7.11 Å². The Hall–Kier alpha value is -1.83. The number of carbonyl (C=O) groups excluding carboxylic acids is 1. The molecule has 0 saturated heterocycles. The second-order valence-corrected chi connectivity index (χ2v) is 7.25. The summed E-state index contributed by atoms with van der Waals surface area (Å²) in [4.78, 5) is 12.8. The van der Waals surface area contributed by atoms with E-state index in [9.17, 15) is 4.79 Å². The lowest BCUT2D eigenvalue weighted by atomic mass is 9.94. The van der Waals surface area contributed by atoms with Crippen molar-refractivity contribution in [3.63, 3.8) is 0 Å². The van der Waals surface area contributed by atoms with E-state index in [-0.39, 0.29) is 18.0 Å². The van der Waals surface area contributed by atoms with Crippen molar-refractivity contribution in [3.05, 3.63) is 53.3 Å². The summed E-state index contributed by atoms with van der Waals surface area (Å²) in [5.74, 6) is -0.163. The molecule has 0 unspecified atom stereocenters. The molecule has 1 rings (SSSR count). The van der Waals surface area contributed by atoms with Gasteiger partial charge in [0.1, 0.15) is 6.10 Å². The molecule has 0 aliphatic heterocycles. The first-order chi connectivity index (χ1) is 13.0. The predicted molar refractivity (Wildman–Crippen MR) is 112 cm³/mol. The maximum atomic E-state index is 12.8. The Kier molecular flexibility index (Phi) is 11.5. The summed E-state index contributed by atoms with van der Waals surface area (Å²) in [6.07, 6.45) is 7.91. The summed E-state index contributed by atoms with van der Waals surface area (Å²) in [7, 11) is 1.54. The van der Waals surface area contributed by atoms with Crippen LogP contribution in [0.5, 0.6) is 0 Å². The summed E-state index contributed by atoms with van der Waals surface area (Å²) in [6, 6.07) is 9.49. The first-order valence-electron chi connectivity index (χ1n) is 10.2. The third-order valence-electron chi connectivity index (χ3n) is 4.62. The van der Waals surface area contributed by atoms with E-state index in [0.29, 0.717) is 0 Å². The molecule has 150 valence electrons. The number of rotatable bonds is 12. The Balaban J connectivity index is 2.85. The van der Waals surface area contributed by atoms with Gasteiger partial charge in [-0.1, -0.05) is 76.8 Å². The molecule has 1 aromatic rings. The SMILES string of the molecule is CC=C=C(CCCCCCC)[C@@H](OC(=O)[C@H](OC)c1ccccc1)C(C)C. The summed E-state index contributed by atoms with van der Waals surface area (Å²) in [5, 5.41) is 0. The number of hydrogen-bond donors (Lipinski definition) is 0. The van der Waals surface area contributed by atoms with Crippen LogP contribution in [0.2, 0.25) is 0 Å². The minimum absolute atomic E-state index is 0.181. The van der Waals surface area contributed by atoms with Crippen molar-refractivity contribution < 1.29 is 14.3 Å². The molecular weight excluding hydrogens is 336 g/mol. The number of ether oxygens (including phenoxy) is 2. The predicted octanol–water partition coefficient (Wildman–Crippen LogP) is 6.40. The van der Waals surface area contributed by atoms with Gasteiger partial charge in [-0.25, -0.2) is 4.79 Å². The highest BCUT2D eigenvalue weighted by atomic mass is 16.6. The zero-order valence-electron chi connectivity index (χ0n) is 17.7. The standard InChI is InChI=1S/C24H36O3/c1-6-8-9-10-12-16-20(15-7-2)22(19(3)4)27-24(25)23(26-5)21-17-13-11-14-18-21/h7,11,13-14,17-19,22-23H,6,8-10,12,16H2,1-5H3/t15?,22-,23+/m0/s1. The van der Waals surface area contributed by atoms with Gasteiger partial charge in [0.2, 0.25) is 0 Å². The van der Waals surface area contributed by atoms with Crippen molar-refractivity contribution >= 4 is 5.97 Å². The van der Waals surface area contributed by atoms with Gasteiger partial charge >= 0.3 is 5.97 Å². The maximum absolute atomic E-state index is 12.8. The first kappa shape index (κ1) is 23.2. The van der Waals surface area contributed by atoms with Gasteiger partial charge in [0.05, 0.1) is 0 Å². The van der Waals surface area contributed by atoms with E-state index >= 15 is 0 Å². The van der Waals surface area contributed by atoms with Crippen molar-refractivity contribution in [3.8, 4) is 0 Å². The van der Waals surface area contributed by atoms with Crippen LogP contribution in [0.3, 0.4) is 0 Å². The van der Waals surface area contributed by atoms with E-state index in [0.717, 1.165) is 24.0 Å². The van der Waals surface area contributed by atoms with Crippen molar-refractivity contribution in [1.29, 1.82) is 0 Å². The first-order valence-corrected chi connectivity index (χ1v) is 10.2. The topological polar surface area (TPSA) is 35.5 Å². The molecule has 3 nitrogen and oxygen atoms in total. The quantitative estimate of drug-likeness (QED) is 0.242. The lowest BCUT2D eigenvalue weighted by Gasteiger charge is -2.25. The summed E-state index contributed by atoms with van der Waals surface area (Å²) in [5.41, 5.74) is 5.21. The molecular formula is C24H36O3. The van der Waals surface area contributed by atoms with E-state index in [1.165, 1.54) is 25.7 Å². The summed E-state index contributed by atoms with van der Waals surface area (Å²) >= 11 is 0. The average molecular weight is 373 g/mol. The Morgan fingerprint density at radius 1 is 1.11 bits per heavy atom. The molecule has 0 radical (unpaired) electrons. The monoisotopic (exact) mass is 372 g/mol. The second kappa shape index (κ2) is 13.4. The molecule has 0 spiro atoms. The van der Waals surface area contributed by atoms with E-state index in [1.807, 2.05) is 43.3 Å². The average Bonchev–Trinajstić information content (AvgIpc) is 2.66. The van der Waals surface area contributed by atoms with Crippen LogP contribution in [0.25, 0.3) is 0 Å². The van der Waals surface area contributed by atoms with Crippen LogP contribution in [0.4, 0.5) is 0 Å². The lowest BCUT2D eigenvalue weighted by Crippen LogP contribution is -2.29. The Morgan fingerprint density at radius 3 is 2.33 bits per heavy atom. The third-order valence-corrected chi connectivity index (χ3v) is 4.62. The molecule has 0 saturated carbocycles. The lowest BCUT2D eigenvalue weighted by molar-refractivity contribution is -0.161. The number of unbranched alkanes of at least 4 members (excludes halogenated alkanes) is 4. The Bertz CT molecular complexity index is 597. The molecule has 2 atom stereocenters. The fourth-order valence-electron chi connectivity index (χ4n) is 3.19. The smallest absolute Gasteiger partial charge is 0.340 e. The summed E-state index contributed by atoms with van der Waals surface area (Å²) in [6.45, 7) is 8.34. The fourth-order valence-corrected chi connectivity index (χ4v) is 3.19. The van der Waals surface area contributed by atoms with Crippen LogP contribution in [0.15, 0.2) is 47.7 Å². The van der Waals surface area contributed by atoms with E-state index in [1.54, 1.807) is 7.11 Å². The highest BCUT2D eigenvalue weighted by molar-refractivity contribution is 5.77. The minimum atomic E-state index is -0.705. The maximum Gasteiger partial charge on any atom is 0.340 e. The van der Waals surface area contributed by atoms with Crippen molar-refractivity contribution in [1.82, 2.24) is 0 Å². The molecule has 0 aliphatic carbocycles. The molecule has 0 N–H and O–H groups in total. The Morgan fingerprint density at radius 2 is 1.78 bits per heavy atom. The van der Waals surface area contributed by atoms with Crippen LogP contribution >= 0.6 is 0 Å². The van der Waals surface area contributed by atoms with Gasteiger partial charge in [-0.3, -0.25) is 0 Å². The van der Waals surface area contributed by atoms with Gasteiger partial charge < -0.3 is 9.47 Å². The van der Waals surface area contributed by atoms with Gasteiger partial charge in [0, 0.05) is 12.7 Å². The molecule has 0 aromatic heterocycles. The number of benzene rings is 1. The van der Waals surface area contributed by atoms with E-state index in [4.69, 9.17) is 9.47 Å².